The van der Waals surface area contributed by atoms with Crippen molar-refractivity contribution in [1.29, 1.82) is 0 Å². The van der Waals surface area contributed by atoms with Crippen molar-refractivity contribution >= 4 is 0 Å². The molecule has 0 aromatic heterocycles. The Labute approximate surface area is 78.7 Å². The molecule has 0 aromatic carbocycles. The zero-order valence-electron chi connectivity index (χ0n) is 8.50. The molecule has 2 N–H and O–H groups in total. The molecule has 1 saturated carbocycles. The second kappa shape index (κ2) is 2.27. The highest BCUT2D eigenvalue weighted by Crippen LogP contribution is 2.51. The molecule has 1 aliphatic carbocycles. The summed E-state index contributed by atoms with van der Waals surface area (Å²) in [7, 11) is 0. The van der Waals surface area contributed by atoms with Gasteiger partial charge in [0.25, 0.3) is 0 Å². The van der Waals surface area contributed by atoms with Crippen molar-refractivity contribution in [2.45, 2.75) is 62.9 Å². The fourth-order valence-electron chi connectivity index (χ4n) is 2.60. The maximum absolute atomic E-state index is 10.2. The van der Waals surface area contributed by atoms with E-state index in [0.717, 1.165) is 12.8 Å². The highest BCUT2D eigenvalue weighted by atomic mass is 16.6. The molecule has 76 valence electrons. The molecule has 3 rings (SSSR count). The van der Waals surface area contributed by atoms with Crippen molar-refractivity contribution in [3.63, 3.8) is 0 Å². The molecule has 13 heavy (non-hydrogen) atoms. The molecule has 3 atom stereocenters. The Kier molecular flexibility index (Phi) is 1.65. The zero-order valence-corrected chi connectivity index (χ0v) is 8.50. The minimum Gasteiger partial charge on any atom is -0.390 e. The van der Waals surface area contributed by atoms with Crippen LogP contribution in [0.2, 0.25) is 0 Å². The van der Waals surface area contributed by atoms with Gasteiger partial charge in [-0.15, -0.1) is 0 Å². The summed E-state index contributed by atoms with van der Waals surface area (Å²) in [4.78, 5) is 0. The Morgan fingerprint density at radius 2 is 1.85 bits per heavy atom. The van der Waals surface area contributed by atoms with Crippen LogP contribution in [0, 0.1) is 0 Å². The molecule has 2 saturated heterocycles. The minimum absolute atomic E-state index is 0.441. The Balaban J connectivity index is 2.36. The van der Waals surface area contributed by atoms with E-state index in [-0.39, 0.29) is 0 Å². The number of aliphatic hydroxyl groups excluding tert-OH is 1. The lowest BCUT2D eigenvalue weighted by Crippen LogP contribution is -2.70. The fraction of sp³-hybridized carbons (Fsp3) is 1.00. The van der Waals surface area contributed by atoms with Crippen molar-refractivity contribution < 1.29 is 14.9 Å². The predicted octanol–water partition coefficient (Wildman–Crippen LogP) is 0.830. The van der Waals surface area contributed by atoms with E-state index < -0.39 is 22.9 Å². The Hall–Kier alpha value is -0.120. The Bertz CT molecular complexity index is 236. The summed E-state index contributed by atoms with van der Waals surface area (Å²) < 4.78 is 5.78. The average molecular weight is 186 g/mol. The maximum atomic E-state index is 10.2. The first-order valence-electron chi connectivity index (χ1n) is 4.90. The third kappa shape index (κ3) is 1.07. The summed E-state index contributed by atoms with van der Waals surface area (Å²) in [5.74, 6) is 0. The van der Waals surface area contributed by atoms with Gasteiger partial charge in [-0.25, -0.2) is 0 Å². The van der Waals surface area contributed by atoms with Gasteiger partial charge < -0.3 is 14.9 Å². The molecule has 0 spiro atoms. The molecule has 3 heteroatoms. The van der Waals surface area contributed by atoms with Crippen LogP contribution in [0.4, 0.5) is 0 Å². The van der Waals surface area contributed by atoms with Crippen molar-refractivity contribution in [3.05, 3.63) is 0 Å². The average Bonchev–Trinajstić information content (AvgIpc) is 1.95. The molecule has 3 nitrogen and oxygen atoms in total. The summed E-state index contributed by atoms with van der Waals surface area (Å²) in [6.07, 6.45) is 1.39. The van der Waals surface area contributed by atoms with Gasteiger partial charge in [-0.05, 0) is 33.6 Å². The van der Waals surface area contributed by atoms with Crippen LogP contribution in [0.1, 0.15) is 40.0 Å². The van der Waals surface area contributed by atoms with E-state index in [1.807, 2.05) is 20.8 Å². The Morgan fingerprint density at radius 3 is 2.23 bits per heavy atom. The number of hydrogen-bond acceptors (Lipinski definition) is 3. The molecule has 2 bridgehead atoms. The lowest BCUT2D eigenvalue weighted by Gasteiger charge is -2.60. The van der Waals surface area contributed by atoms with Gasteiger partial charge in [0.1, 0.15) is 0 Å². The summed E-state index contributed by atoms with van der Waals surface area (Å²) in [5.41, 5.74) is -1.82. The molecule has 2 heterocycles. The maximum Gasteiger partial charge on any atom is 0.0957 e. The number of fused-ring (bicyclic) bond motifs is 3. The van der Waals surface area contributed by atoms with Gasteiger partial charge in [-0.1, -0.05) is 0 Å². The molecule has 0 amide bonds. The smallest absolute Gasteiger partial charge is 0.0957 e. The van der Waals surface area contributed by atoms with Crippen LogP contribution in [0.15, 0.2) is 0 Å². The van der Waals surface area contributed by atoms with Gasteiger partial charge in [0.15, 0.2) is 0 Å². The van der Waals surface area contributed by atoms with Crippen molar-refractivity contribution in [1.82, 2.24) is 0 Å². The van der Waals surface area contributed by atoms with Crippen LogP contribution in [0.5, 0.6) is 0 Å². The summed E-state index contributed by atoms with van der Waals surface area (Å²) >= 11 is 0. The van der Waals surface area contributed by atoms with E-state index in [2.05, 4.69) is 0 Å². The van der Waals surface area contributed by atoms with Crippen LogP contribution in [0.25, 0.3) is 0 Å². The molecular formula is C10H18O3. The first-order valence-corrected chi connectivity index (χ1v) is 4.90. The lowest BCUT2D eigenvalue weighted by atomic mass is 9.64. The largest absolute Gasteiger partial charge is 0.390 e. The van der Waals surface area contributed by atoms with Gasteiger partial charge in [-0.3, -0.25) is 0 Å². The summed E-state index contributed by atoms with van der Waals surface area (Å²) in [6.45, 7) is 5.73. The normalized spacial score (nSPS) is 53.8. The van der Waals surface area contributed by atoms with Gasteiger partial charge in [0, 0.05) is 6.42 Å². The molecule has 3 fully saturated rings. The van der Waals surface area contributed by atoms with Crippen molar-refractivity contribution in [3.8, 4) is 0 Å². The Morgan fingerprint density at radius 1 is 1.23 bits per heavy atom. The van der Waals surface area contributed by atoms with Crippen LogP contribution < -0.4 is 0 Å². The van der Waals surface area contributed by atoms with E-state index in [0.29, 0.717) is 6.42 Å². The second-order valence-corrected chi connectivity index (χ2v) is 5.18. The number of hydrogen-bond donors (Lipinski definition) is 2. The molecule has 3 aliphatic rings. The van der Waals surface area contributed by atoms with E-state index in [1.54, 1.807) is 0 Å². The van der Waals surface area contributed by atoms with Crippen LogP contribution in [-0.4, -0.2) is 33.1 Å². The zero-order chi connectivity index (χ0) is 9.91. The first-order chi connectivity index (χ1) is 5.79. The number of ether oxygens (including phenoxy) is 1. The monoisotopic (exact) mass is 186 g/mol. The third-order valence-corrected chi connectivity index (χ3v) is 3.88. The SMILES string of the molecule is CC1(C)O[C@]2(C)CC[C@@]1(O)C[C@H]2O. The summed E-state index contributed by atoms with van der Waals surface area (Å²) in [5, 5.41) is 20.0. The minimum atomic E-state index is -0.843. The van der Waals surface area contributed by atoms with Gasteiger partial charge in [0.05, 0.1) is 22.9 Å². The van der Waals surface area contributed by atoms with E-state index in [4.69, 9.17) is 4.74 Å². The number of aliphatic hydroxyl groups is 2. The van der Waals surface area contributed by atoms with Gasteiger partial charge >= 0.3 is 0 Å². The van der Waals surface area contributed by atoms with E-state index in [1.165, 1.54) is 0 Å². The van der Waals surface area contributed by atoms with Crippen molar-refractivity contribution in [2.24, 2.45) is 0 Å². The van der Waals surface area contributed by atoms with Crippen molar-refractivity contribution in [2.75, 3.05) is 0 Å². The first kappa shape index (κ1) is 9.44. The lowest BCUT2D eigenvalue weighted by molar-refractivity contribution is -0.330. The fourth-order valence-corrected chi connectivity index (χ4v) is 2.60. The molecule has 0 unspecified atom stereocenters. The predicted molar refractivity (Wildman–Crippen MR) is 48.4 cm³/mol. The van der Waals surface area contributed by atoms with Gasteiger partial charge in [0.2, 0.25) is 0 Å². The molecule has 0 radical (unpaired) electrons. The standard InChI is InChI=1S/C10H18O3/c1-8(2)10(12)5-4-9(3,13-8)7(11)6-10/h7,11-12H,4-6H2,1-3H3/t7-,9-,10-/m1/s1. The highest BCUT2D eigenvalue weighted by molar-refractivity contribution is 5.11. The highest BCUT2D eigenvalue weighted by Gasteiger charge is 2.61. The molecular weight excluding hydrogens is 168 g/mol. The van der Waals surface area contributed by atoms with E-state index >= 15 is 0 Å². The van der Waals surface area contributed by atoms with Crippen LogP contribution in [0.3, 0.4) is 0 Å². The van der Waals surface area contributed by atoms with Crippen LogP contribution >= 0.6 is 0 Å². The topological polar surface area (TPSA) is 49.7 Å². The summed E-state index contributed by atoms with van der Waals surface area (Å²) in [6, 6.07) is 0. The van der Waals surface area contributed by atoms with Crippen LogP contribution in [-0.2, 0) is 4.74 Å². The van der Waals surface area contributed by atoms with Gasteiger partial charge in [-0.2, -0.15) is 0 Å². The molecule has 0 aromatic rings. The third-order valence-electron chi connectivity index (χ3n) is 3.88. The number of rotatable bonds is 0. The van der Waals surface area contributed by atoms with E-state index in [9.17, 15) is 10.2 Å². The second-order valence-electron chi connectivity index (χ2n) is 5.18. The molecule has 2 aliphatic heterocycles. The quantitative estimate of drug-likeness (QED) is 0.589.